The van der Waals surface area contributed by atoms with E-state index < -0.39 is 7.12 Å². The third-order valence-electron chi connectivity index (χ3n) is 2.73. The average Bonchev–Trinajstić information content (AvgIpc) is 2.38. The Kier molecular flexibility index (Phi) is 4.17. The Morgan fingerprint density at radius 3 is 2.78 bits per heavy atom. The Morgan fingerprint density at radius 2 is 2.06 bits per heavy atom. The molecule has 2 N–H and O–H groups in total. The summed E-state index contributed by atoms with van der Waals surface area (Å²) in [4.78, 5) is 4.36. The smallest absolute Gasteiger partial charge is 0.478 e. The summed E-state index contributed by atoms with van der Waals surface area (Å²) in [6, 6.07) is 8.79. The highest BCUT2D eigenvalue weighted by Crippen LogP contribution is 2.15. The lowest BCUT2D eigenvalue weighted by Gasteiger charge is -2.06. The highest BCUT2D eigenvalue weighted by atomic mass is 16.5. The Labute approximate surface area is 106 Å². The van der Waals surface area contributed by atoms with E-state index in [4.69, 9.17) is 14.8 Å². The van der Waals surface area contributed by atoms with Gasteiger partial charge in [0, 0.05) is 11.5 Å². The van der Waals surface area contributed by atoms with Crippen LogP contribution < -0.4 is 10.2 Å². The molecule has 0 amide bonds. The van der Waals surface area contributed by atoms with E-state index in [0.717, 1.165) is 23.7 Å². The molecule has 0 saturated heterocycles. The van der Waals surface area contributed by atoms with Crippen LogP contribution in [0.5, 0.6) is 5.88 Å². The van der Waals surface area contributed by atoms with Crippen molar-refractivity contribution in [1.82, 2.24) is 4.98 Å². The van der Waals surface area contributed by atoms with Gasteiger partial charge < -0.3 is 14.8 Å². The highest BCUT2D eigenvalue weighted by molar-refractivity contribution is 6.58. The first-order chi connectivity index (χ1) is 8.70. The maximum Gasteiger partial charge on any atom is 0.488 e. The van der Waals surface area contributed by atoms with Gasteiger partial charge in [0.25, 0.3) is 0 Å². The molecule has 94 valence electrons. The number of unbranched alkanes of at least 4 members (excludes halogenated alkanes) is 1. The molecule has 4 nitrogen and oxygen atoms in total. The zero-order valence-corrected chi connectivity index (χ0v) is 10.3. The van der Waals surface area contributed by atoms with Crippen molar-refractivity contribution in [2.45, 2.75) is 19.8 Å². The normalized spacial score (nSPS) is 10.6. The molecule has 0 bridgehead atoms. The van der Waals surface area contributed by atoms with Crippen molar-refractivity contribution in [2.75, 3.05) is 6.61 Å². The van der Waals surface area contributed by atoms with Crippen LogP contribution in [0, 0.1) is 0 Å². The predicted octanol–water partition coefficient (Wildman–Crippen LogP) is 1.09. The molecule has 1 aromatic carbocycles. The lowest BCUT2D eigenvalue weighted by molar-refractivity contribution is 0.299. The predicted molar refractivity (Wildman–Crippen MR) is 72.0 cm³/mol. The van der Waals surface area contributed by atoms with Gasteiger partial charge in [0.2, 0.25) is 5.88 Å². The molecule has 2 rings (SSSR count). The third kappa shape index (κ3) is 3.00. The third-order valence-corrected chi connectivity index (χ3v) is 2.73. The standard InChI is InChI=1S/C13H16BNO3/c1-2-3-8-18-13-7-4-10-9-11(14(16)17)5-6-12(10)15-13/h4-7,9,16-17H,2-3,8H2,1H3. The summed E-state index contributed by atoms with van der Waals surface area (Å²) in [6.45, 7) is 2.78. The average molecular weight is 245 g/mol. The van der Waals surface area contributed by atoms with Gasteiger partial charge in [-0.25, -0.2) is 4.98 Å². The maximum atomic E-state index is 9.09. The topological polar surface area (TPSA) is 62.6 Å². The number of ether oxygens (including phenoxy) is 1. The maximum absolute atomic E-state index is 9.09. The van der Waals surface area contributed by atoms with Crippen molar-refractivity contribution in [1.29, 1.82) is 0 Å². The molecule has 0 saturated carbocycles. The van der Waals surface area contributed by atoms with E-state index in [0.29, 0.717) is 17.9 Å². The molecule has 1 heterocycles. The fourth-order valence-corrected chi connectivity index (χ4v) is 1.69. The number of hydrogen-bond acceptors (Lipinski definition) is 4. The zero-order chi connectivity index (χ0) is 13.0. The van der Waals surface area contributed by atoms with Crippen molar-refractivity contribution in [2.24, 2.45) is 0 Å². The summed E-state index contributed by atoms with van der Waals surface area (Å²) in [5.74, 6) is 0.605. The molecule has 18 heavy (non-hydrogen) atoms. The summed E-state index contributed by atoms with van der Waals surface area (Å²) in [7, 11) is -1.45. The van der Waals surface area contributed by atoms with E-state index in [1.54, 1.807) is 24.3 Å². The molecular formula is C13H16BNO3. The van der Waals surface area contributed by atoms with Gasteiger partial charge in [-0.2, -0.15) is 0 Å². The first-order valence-corrected chi connectivity index (χ1v) is 6.10. The van der Waals surface area contributed by atoms with Crippen LogP contribution in [-0.4, -0.2) is 28.8 Å². The number of benzene rings is 1. The van der Waals surface area contributed by atoms with Gasteiger partial charge in [0.1, 0.15) is 0 Å². The van der Waals surface area contributed by atoms with Crippen molar-refractivity contribution in [3.8, 4) is 5.88 Å². The Bertz CT molecular complexity index is 531. The number of pyridine rings is 1. The van der Waals surface area contributed by atoms with E-state index >= 15 is 0 Å². The van der Waals surface area contributed by atoms with Crippen LogP contribution in [0.1, 0.15) is 19.8 Å². The summed E-state index contributed by atoms with van der Waals surface area (Å²) < 4.78 is 5.52. The summed E-state index contributed by atoms with van der Waals surface area (Å²) >= 11 is 0. The Hall–Kier alpha value is -1.59. The van der Waals surface area contributed by atoms with Crippen LogP contribution in [0.4, 0.5) is 0 Å². The van der Waals surface area contributed by atoms with Crippen molar-refractivity contribution in [3.63, 3.8) is 0 Å². The molecule has 0 aliphatic heterocycles. The number of aromatic nitrogens is 1. The van der Waals surface area contributed by atoms with Gasteiger partial charge in [0.15, 0.2) is 0 Å². The minimum Gasteiger partial charge on any atom is -0.478 e. The first kappa shape index (κ1) is 12.9. The van der Waals surface area contributed by atoms with E-state index in [1.807, 2.05) is 6.07 Å². The second-order valence-corrected chi connectivity index (χ2v) is 4.18. The number of hydrogen-bond donors (Lipinski definition) is 2. The molecule has 0 fully saturated rings. The molecule has 0 unspecified atom stereocenters. The van der Waals surface area contributed by atoms with Crippen LogP contribution in [0.3, 0.4) is 0 Å². The van der Waals surface area contributed by atoms with Crippen LogP contribution >= 0.6 is 0 Å². The van der Waals surface area contributed by atoms with Crippen molar-refractivity contribution >= 4 is 23.5 Å². The summed E-state index contributed by atoms with van der Waals surface area (Å²) in [5.41, 5.74) is 1.25. The molecular weight excluding hydrogens is 229 g/mol. The molecule has 0 spiro atoms. The number of rotatable bonds is 5. The van der Waals surface area contributed by atoms with Crippen LogP contribution in [0.2, 0.25) is 0 Å². The molecule has 1 aromatic heterocycles. The molecule has 2 aromatic rings. The van der Waals surface area contributed by atoms with E-state index in [9.17, 15) is 0 Å². The Morgan fingerprint density at radius 1 is 1.22 bits per heavy atom. The minimum absolute atomic E-state index is 0.462. The van der Waals surface area contributed by atoms with Gasteiger partial charge in [-0.3, -0.25) is 0 Å². The zero-order valence-electron chi connectivity index (χ0n) is 10.3. The second kappa shape index (κ2) is 5.84. The molecule has 5 heteroatoms. The van der Waals surface area contributed by atoms with Crippen LogP contribution in [0.15, 0.2) is 30.3 Å². The monoisotopic (exact) mass is 245 g/mol. The fraction of sp³-hybridized carbons (Fsp3) is 0.308. The van der Waals surface area contributed by atoms with Gasteiger partial charge in [-0.05, 0) is 24.0 Å². The molecule has 0 aliphatic rings. The largest absolute Gasteiger partial charge is 0.488 e. The minimum atomic E-state index is -1.45. The molecule has 0 atom stereocenters. The van der Waals surface area contributed by atoms with E-state index in [2.05, 4.69) is 11.9 Å². The quantitative estimate of drug-likeness (QED) is 0.611. The van der Waals surface area contributed by atoms with E-state index in [1.165, 1.54) is 0 Å². The lowest BCUT2D eigenvalue weighted by atomic mass is 9.80. The molecule has 0 aliphatic carbocycles. The SMILES string of the molecule is CCCCOc1ccc2cc(B(O)O)ccc2n1. The number of nitrogens with zero attached hydrogens (tertiary/aromatic N) is 1. The van der Waals surface area contributed by atoms with Gasteiger partial charge >= 0.3 is 7.12 Å². The van der Waals surface area contributed by atoms with Crippen molar-refractivity contribution in [3.05, 3.63) is 30.3 Å². The summed E-state index contributed by atoms with van der Waals surface area (Å²) in [5, 5.41) is 19.0. The highest BCUT2D eigenvalue weighted by Gasteiger charge is 2.11. The van der Waals surface area contributed by atoms with Gasteiger partial charge in [0.05, 0.1) is 12.1 Å². The fourth-order valence-electron chi connectivity index (χ4n) is 1.69. The lowest BCUT2D eigenvalue weighted by Crippen LogP contribution is -2.29. The van der Waals surface area contributed by atoms with Gasteiger partial charge in [-0.15, -0.1) is 0 Å². The Balaban J connectivity index is 2.21. The summed E-state index contributed by atoms with van der Waals surface area (Å²) in [6.07, 6.45) is 2.10. The second-order valence-electron chi connectivity index (χ2n) is 4.18. The van der Waals surface area contributed by atoms with Crippen LogP contribution in [-0.2, 0) is 0 Å². The van der Waals surface area contributed by atoms with Gasteiger partial charge in [-0.1, -0.05) is 25.5 Å². The van der Waals surface area contributed by atoms with Crippen LogP contribution in [0.25, 0.3) is 10.9 Å². The van der Waals surface area contributed by atoms with Crippen molar-refractivity contribution < 1.29 is 14.8 Å². The number of fused-ring (bicyclic) bond motifs is 1. The van der Waals surface area contributed by atoms with E-state index in [-0.39, 0.29) is 0 Å². The first-order valence-electron chi connectivity index (χ1n) is 6.10. The molecule has 0 radical (unpaired) electrons.